The maximum atomic E-state index is 11.5. The number of rotatable bonds is 8. The van der Waals surface area contributed by atoms with Gasteiger partial charge in [-0.3, -0.25) is 10.1 Å². The van der Waals surface area contributed by atoms with E-state index in [0.29, 0.717) is 13.2 Å². The molecule has 6 nitrogen and oxygen atoms in total. The smallest absolute Gasteiger partial charge is 0.236 e. The minimum absolute atomic E-state index is 0.190. The van der Waals surface area contributed by atoms with Crippen molar-refractivity contribution in [2.24, 2.45) is 0 Å². The number of hydrogen-bond donors (Lipinski definition) is 4. The fourth-order valence-electron chi connectivity index (χ4n) is 1.16. The van der Waals surface area contributed by atoms with Crippen LogP contribution in [0, 0.1) is 0 Å². The lowest BCUT2D eigenvalue weighted by atomic mass is 10.0. The lowest BCUT2D eigenvalue weighted by Crippen LogP contribution is -2.57. The first-order valence-corrected chi connectivity index (χ1v) is 5.25. The highest BCUT2D eigenvalue weighted by Gasteiger charge is 2.26. The molecule has 0 rings (SSSR count). The Labute approximate surface area is 96.0 Å². The predicted octanol–water partition coefficient (Wildman–Crippen LogP) is -1.53. The van der Waals surface area contributed by atoms with Crippen molar-refractivity contribution in [2.45, 2.75) is 25.4 Å². The lowest BCUT2D eigenvalue weighted by Gasteiger charge is -2.29. The summed E-state index contributed by atoms with van der Waals surface area (Å²) in [5, 5.41) is 23.6. The fraction of sp³-hybridized carbons (Fsp3) is 0.900. The summed E-state index contributed by atoms with van der Waals surface area (Å²) < 4.78 is 4.80. The van der Waals surface area contributed by atoms with Gasteiger partial charge in [-0.1, -0.05) is 0 Å². The van der Waals surface area contributed by atoms with Crippen molar-refractivity contribution < 1.29 is 19.7 Å². The van der Waals surface area contributed by atoms with Gasteiger partial charge in [0.25, 0.3) is 0 Å². The molecule has 0 aromatic carbocycles. The molecule has 0 aliphatic rings. The van der Waals surface area contributed by atoms with Gasteiger partial charge in [0.15, 0.2) is 0 Å². The van der Waals surface area contributed by atoms with Crippen molar-refractivity contribution in [3.8, 4) is 0 Å². The van der Waals surface area contributed by atoms with Gasteiger partial charge in [-0.15, -0.1) is 0 Å². The molecular formula is C10H22N2O4. The molecule has 1 unspecified atom stereocenters. The quantitative estimate of drug-likeness (QED) is 0.383. The third-order valence-corrected chi connectivity index (χ3v) is 2.26. The van der Waals surface area contributed by atoms with Gasteiger partial charge in [0.1, 0.15) is 0 Å². The standard InChI is InChI=1S/C10H22N2O4/c1-8(9(15)11-4-5-16-3)12-10(2,6-13)7-14/h8,12-14H,4-7H2,1-3H3,(H,11,15). The van der Waals surface area contributed by atoms with Crippen LogP contribution in [0.2, 0.25) is 0 Å². The van der Waals surface area contributed by atoms with Crippen LogP contribution in [0.3, 0.4) is 0 Å². The highest BCUT2D eigenvalue weighted by atomic mass is 16.5. The molecule has 0 aliphatic heterocycles. The zero-order valence-corrected chi connectivity index (χ0v) is 10.1. The summed E-state index contributed by atoms with van der Waals surface area (Å²) in [5.74, 6) is -0.190. The van der Waals surface area contributed by atoms with Crippen molar-refractivity contribution in [2.75, 3.05) is 33.5 Å². The average Bonchev–Trinajstić information content (AvgIpc) is 2.29. The number of aliphatic hydroxyl groups is 2. The van der Waals surface area contributed by atoms with Gasteiger partial charge in [-0.25, -0.2) is 0 Å². The van der Waals surface area contributed by atoms with E-state index in [0.717, 1.165) is 0 Å². The Bertz CT molecular complexity index is 207. The first-order valence-electron chi connectivity index (χ1n) is 5.25. The molecule has 4 N–H and O–H groups in total. The molecule has 1 amide bonds. The van der Waals surface area contributed by atoms with Crippen LogP contribution in [0.15, 0.2) is 0 Å². The number of amides is 1. The molecule has 1 atom stereocenters. The Balaban J connectivity index is 4.03. The van der Waals surface area contributed by atoms with Crippen molar-refractivity contribution in [1.82, 2.24) is 10.6 Å². The van der Waals surface area contributed by atoms with Crippen LogP contribution in [0.4, 0.5) is 0 Å². The van der Waals surface area contributed by atoms with Crippen LogP contribution < -0.4 is 10.6 Å². The molecule has 0 saturated heterocycles. The number of methoxy groups -OCH3 is 1. The zero-order chi connectivity index (χ0) is 12.6. The second-order valence-corrected chi connectivity index (χ2v) is 4.03. The lowest BCUT2D eigenvalue weighted by molar-refractivity contribution is -0.123. The number of aliphatic hydroxyl groups excluding tert-OH is 2. The molecule has 16 heavy (non-hydrogen) atoms. The molecule has 0 bridgehead atoms. The van der Waals surface area contributed by atoms with E-state index in [1.165, 1.54) is 0 Å². The van der Waals surface area contributed by atoms with Gasteiger partial charge < -0.3 is 20.3 Å². The van der Waals surface area contributed by atoms with Gasteiger partial charge in [-0.05, 0) is 13.8 Å². The van der Waals surface area contributed by atoms with E-state index in [2.05, 4.69) is 10.6 Å². The van der Waals surface area contributed by atoms with Gasteiger partial charge >= 0.3 is 0 Å². The summed E-state index contributed by atoms with van der Waals surface area (Å²) >= 11 is 0. The van der Waals surface area contributed by atoms with E-state index in [1.807, 2.05) is 0 Å². The Morgan fingerprint density at radius 3 is 2.44 bits per heavy atom. The largest absolute Gasteiger partial charge is 0.394 e. The monoisotopic (exact) mass is 234 g/mol. The highest BCUT2D eigenvalue weighted by molar-refractivity contribution is 5.81. The van der Waals surface area contributed by atoms with Crippen LogP contribution in [0.25, 0.3) is 0 Å². The molecule has 0 radical (unpaired) electrons. The van der Waals surface area contributed by atoms with Crippen LogP contribution >= 0.6 is 0 Å². The SMILES string of the molecule is COCCNC(=O)C(C)NC(C)(CO)CO. The van der Waals surface area contributed by atoms with E-state index >= 15 is 0 Å². The first-order chi connectivity index (χ1) is 7.49. The van der Waals surface area contributed by atoms with Crippen molar-refractivity contribution in [3.05, 3.63) is 0 Å². The predicted molar refractivity (Wildman–Crippen MR) is 60.1 cm³/mol. The van der Waals surface area contributed by atoms with E-state index in [4.69, 9.17) is 14.9 Å². The number of carbonyl (C=O) groups is 1. The van der Waals surface area contributed by atoms with E-state index < -0.39 is 11.6 Å². The third kappa shape index (κ3) is 5.41. The van der Waals surface area contributed by atoms with Gasteiger partial charge in [0, 0.05) is 13.7 Å². The summed E-state index contributed by atoms with van der Waals surface area (Å²) in [4.78, 5) is 11.5. The van der Waals surface area contributed by atoms with Crippen LogP contribution in [-0.4, -0.2) is 61.2 Å². The Hall–Kier alpha value is -0.690. The molecule has 0 heterocycles. The molecule has 96 valence electrons. The Morgan fingerprint density at radius 1 is 1.44 bits per heavy atom. The van der Waals surface area contributed by atoms with Crippen molar-refractivity contribution in [3.63, 3.8) is 0 Å². The Morgan fingerprint density at radius 2 is 2.00 bits per heavy atom. The number of ether oxygens (including phenoxy) is 1. The normalized spacial score (nSPS) is 13.6. The minimum atomic E-state index is -0.849. The van der Waals surface area contributed by atoms with E-state index in [9.17, 15) is 4.79 Å². The first kappa shape index (κ1) is 15.3. The second-order valence-electron chi connectivity index (χ2n) is 4.03. The second kappa shape index (κ2) is 7.56. The maximum absolute atomic E-state index is 11.5. The van der Waals surface area contributed by atoms with Crippen molar-refractivity contribution in [1.29, 1.82) is 0 Å². The molecule has 0 saturated carbocycles. The number of nitrogens with one attached hydrogen (secondary N) is 2. The zero-order valence-electron chi connectivity index (χ0n) is 10.1. The topological polar surface area (TPSA) is 90.8 Å². The summed E-state index contributed by atoms with van der Waals surface area (Å²) in [6, 6.07) is -0.485. The van der Waals surface area contributed by atoms with Crippen LogP contribution in [0.1, 0.15) is 13.8 Å². The molecule has 0 aromatic heterocycles. The number of carbonyl (C=O) groups excluding carboxylic acids is 1. The third-order valence-electron chi connectivity index (χ3n) is 2.26. The van der Waals surface area contributed by atoms with Gasteiger partial charge in [0.05, 0.1) is 31.4 Å². The van der Waals surface area contributed by atoms with E-state index in [1.54, 1.807) is 21.0 Å². The molecule has 6 heteroatoms. The van der Waals surface area contributed by atoms with Gasteiger partial charge in [0.2, 0.25) is 5.91 Å². The molecular weight excluding hydrogens is 212 g/mol. The minimum Gasteiger partial charge on any atom is -0.394 e. The highest BCUT2D eigenvalue weighted by Crippen LogP contribution is 2.02. The Kier molecular flexibility index (Phi) is 7.24. The molecule has 0 aromatic rings. The van der Waals surface area contributed by atoms with Crippen LogP contribution in [-0.2, 0) is 9.53 Å². The fourth-order valence-corrected chi connectivity index (χ4v) is 1.16. The number of hydrogen-bond acceptors (Lipinski definition) is 5. The summed E-state index contributed by atoms with van der Waals surface area (Å²) in [6.07, 6.45) is 0. The van der Waals surface area contributed by atoms with Crippen LogP contribution in [0.5, 0.6) is 0 Å². The van der Waals surface area contributed by atoms with E-state index in [-0.39, 0.29) is 19.1 Å². The summed E-state index contributed by atoms with van der Waals surface area (Å²) in [6.45, 7) is 3.74. The average molecular weight is 234 g/mol. The molecule has 0 spiro atoms. The summed E-state index contributed by atoms with van der Waals surface area (Å²) in [7, 11) is 1.56. The molecule has 0 aliphatic carbocycles. The van der Waals surface area contributed by atoms with Gasteiger partial charge in [-0.2, -0.15) is 0 Å². The van der Waals surface area contributed by atoms with Crippen molar-refractivity contribution >= 4 is 5.91 Å². The maximum Gasteiger partial charge on any atom is 0.236 e. The molecule has 0 fully saturated rings. The summed E-state index contributed by atoms with van der Waals surface area (Å²) in [5.41, 5.74) is -0.849.